The van der Waals surface area contributed by atoms with E-state index in [1.54, 1.807) is 55.6 Å². The van der Waals surface area contributed by atoms with Gasteiger partial charge in [0.15, 0.2) is 5.78 Å². The minimum absolute atomic E-state index is 0.0105. The first-order valence-electron chi connectivity index (χ1n) is 8.51. The average Bonchev–Trinajstić information content (AvgIpc) is 2.68. The smallest absolute Gasteiger partial charge is 0.253 e. The average molecular weight is 373 g/mol. The van der Waals surface area contributed by atoms with Crippen LogP contribution >= 0.6 is 11.6 Å². The highest BCUT2D eigenvalue weighted by atomic mass is 35.5. The van der Waals surface area contributed by atoms with Crippen molar-refractivity contribution in [2.45, 2.75) is 0 Å². The molecule has 26 heavy (non-hydrogen) atoms. The van der Waals surface area contributed by atoms with Crippen molar-refractivity contribution >= 4 is 23.3 Å². The van der Waals surface area contributed by atoms with Crippen molar-refractivity contribution < 1.29 is 14.3 Å². The fraction of sp³-hybridized carbons (Fsp3) is 0.300. The van der Waals surface area contributed by atoms with E-state index in [2.05, 4.69) is 4.90 Å². The molecule has 0 aliphatic carbocycles. The number of methoxy groups -OCH3 is 1. The number of amides is 1. The fourth-order valence-electron chi connectivity index (χ4n) is 2.96. The van der Waals surface area contributed by atoms with Gasteiger partial charge in [-0.3, -0.25) is 14.5 Å². The van der Waals surface area contributed by atoms with E-state index in [0.29, 0.717) is 48.9 Å². The van der Waals surface area contributed by atoms with Crippen molar-refractivity contribution in [3.05, 3.63) is 64.7 Å². The highest BCUT2D eigenvalue weighted by Gasteiger charge is 2.23. The second kappa shape index (κ2) is 8.34. The molecule has 136 valence electrons. The summed E-state index contributed by atoms with van der Waals surface area (Å²) in [7, 11) is 1.60. The molecular formula is C20H21ClN2O3. The van der Waals surface area contributed by atoms with Gasteiger partial charge in [-0.1, -0.05) is 11.6 Å². The van der Waals surface area contributed by atoms with Gasteiger partial charge in [0.1, 0.15) is 5.75 Å². The molecule has 0 bridgehead atoms. The van der Waals surface area contributed by atoms with Gasteiger partial charge >= 0.3 is 0 Å². The molecule has 2 aromatic carbocycles. The summed E-state index contributed by atoms with van der Waals surface area (Å²) < 4.78 is 5.12. The number of Topliss-reactive ketones (excluding diaryl/α,β-unsaturated/α-hetero) is 1. The molecular weight excluding hydrogens is 352 g/mol. The third kappa shape index (κ3) is 4.42. The van der Waals surface area contributed by atoms with E-state index in [0.717, 1.165) is 5.75 Å². The number of hydrogen-bond donors (Lipinski definition) is 0. The molecule has 0 aromatic heterocycles. The van der Waals surface area contributed by atoms with E-state index in [4.69, 9.17) is 16.3 Å². The molecule has 3 rings (SSSR count). The summed E-state index contributed by atoms with van der Waals surface area (Å²) in [6.07, 6.45) is 0. The normalized spacial score (nSPS) is 14.9. The summed E-state index contributed by atoms with van der Waals surface area (Å²) in [4.78, 5) is 28.8. The SMILES string of the molecule is COc1ccc(C(=O)N2CCN(CC(=O)c3ccc(Cl)cc3)CC2)cc1. The van der Waals surface area contributed by atoms with E-state index >= 15 is 0 Å². The van der Waals surface area contributed by atoms with Gasteiger partial charge in [-0.2, -0.15) is 0 Å². The number of ketones is 1. The van der Waals surface area contributed by atoms with Crippen molar-refractivity contribution in [3.8, 4) is 5.75 Å². The van der Waals surface area contributed by atoms with Crippen molar-refractivity contribution in [2.24, 2.45) is 0 Å². The van der Waals surface area contributed by atoms with Crippen LogP contribution < -0.4 is 4.74 Å². The highest BCUT2D eigenvalue weighted by molar-refractivity contribution is 6.30. The molecule has 0 unspecified atom stereocenters. The monoisotopic (exact) mass is 372 g/mol. The Kier molecular flexibility index (Phi) is 5.91. The van der Waals surface area contributed by atoms with E-state index in [1.165, 1.54) is 0 Å². The number of hydrogen-bond acceptors (Lipinski definition) is 4. The van der Waals surface area contributed by atoms with Gasteiger partial charge in [-0.15, -0.1) is 0 Å². The van der Waals surface area contributed by atoms with Crippen LogP contribution in [0.3, 0.4) is 0 Å². The van der Waals surface area contributed by atoms with E-state index < -0.39 is 0 Å². The summed E-state index contributed by atoms with van der Waals surface area (Å²) in [5.41, 5.74) is 1.31. The van der Waals surface area contributed by atoms with Crippen LogP contribution in [0.5, 0.6) is 5.75 Å². The number of halogens is 1. The van der Waals surface area contributed by atoms with Gasteiger partial charge in [0.25, 0.3) is 5.91 Å². The number of piperazine rings is 1. The molecule has 0 N–H and O–H groups in total. The van der Waals surface area contributed by atoms with Crippen LogP contribution in [0.15, 0.2) is 48.5 Å². The van der Waals surface area contributed by atoms with Crippen molar-refractivity contribution in [3.63, 3.8) is 0 Å². The van der Waals surface area contributed by atoms with Gasteiger partial charge in [-0.05, 0) is 48.5 Å². The molecule has 0 spiro atoms. The van der Waals surface area contributed by atoms with Crippen molar-refractivity contribution in [2.75, 3.05) is 39.8 Å². The molecule has 1 amide bonds. The molecule has 0 radical (unpaired) electrons. The third-order valence-electron chi connectivity index (χ3n) is 4.53. The molecule has 1 aliphatic rings. The van der Waals surface area contributed by atoms with Gasteiger partial charge in [0, 0.05) is 42.3 Å². The molecule has 2 aromatic rings. The molecule has 5 nitrogen and oxygen atoms in total. The summed E-state index contributed by atoms with van der Waals surface area (Å²) in [5.74, 6) is 0.806. The summed E-state index contributed by atoms with van der Waals surface area (Å²) >= 11 is 5.86. The Labute approximate surface area is 158 Å². The van der Waals surface area contributed by atoms with Gasteiger partial charge in [0.05, 0.1) is 13.7 Å². The van der Waals surface area contributed by atoms with Crippen LogP contribution in [0.2, 0.25) is 5.02 Å². The van der Waals surface area contributed by atoms with Crippen molar-refractivity contribution in [1.82, 2.24) is 9.80 Å². The van der Waals surface area contributed by atoms with Crippen LogP contribution in [-0.4, -0.2) is 61.3 Å². The number of ether oxygens (including phenoxy) is 1. The zero-order valence-electron chi connectivity index (χ0n) is 14.7. The Hall–Kier alpha value is -2.37. The first-order chi connectivity index (χ1) is 12.6. The lowest BCUT2D eigenvalue weighted by molar-refractivity contribution is 0.0624. The first-order valence-corrected chi connectivity index (χ1v) is 8.89. The Bertz CT molecular complexity index is 767. The number of nitrogens with zero attached hydrogens (tertiary/aromatic N) is 2. The number of carbonyl (C=O) groups excluding carboxylic acids is 2. The number of benzene rings is 2. The van der Waals surface area contributed by atoms with Gasteiger partial charge in [-0.25, -0.2) is 0 Å². The van der Waals surface area contributed by atoms with Gasteiger partial charge < -0.3 is 9.64 Å². The minimum Gasteiger partial charge on any atom is -0.497 e. The van der Waals surface area contributed by atoms with Gasteiger partial charge in [0.2, 0.25) is 0 Å². The van der Waals surface area contributed by atoms with E-state index in [-0.39, 0.29) is 11.7 Å². The lowest BCUT2D eigenvalue weighted by Gasteiger charge is -2.34. The van der Waals surface area contributed by atoms with Crippen molar-refractivity contribution in [1.29, 1.82) is 0 Å². The second-order valence-electron chi connectivity index (χ2n) is 6.23. The number of carbonyl (C=O) groups is 2. The Morgan fingerprint density at radius 2 is 1.50 bits per heavy atom. The Morgan fingerprint density at radius 1 is 0.923 bits per heavy atom. The standard InChI is InChI=1S/C20H21ClN2O3/c1-26-18-8-4-16(5-9-18)20(25)23-12-10-22(11-13-23)14-19(24)15-2-6-17(21)7-3-15/h2-9H,10-14H2,1H3. The molecule has 6 heteroatoms. The maximum absolute atomic E-state index is 12.6. The Balaban J connectivity index is 1.52. The van der Waals surface area contributed by atoms with Crippen LogP contribution in [0, 0.1) is 0 Å². The maximum atomic E-state index is 12.6. The molecule has 0 saturated carbocycles. The lowest BCUT2D eigenvalue weighted by atomic mass is 10.1. The quantitative estimate of drug-likeness (QED) is 0.757. The van der Waals surface area contributed by atoms with Crippen LogP contribution in [-0.2, 0) is 0 Å². The predicted molar refractivity (Wildman–Crippen MR) is 101 cm³/mol. The van der Waals surface area contributed by atoms with E-state index in [9.17, 15) is 9.59 Å². The summed E-state index contributed by atoms with van der Waals surface area (Å²) in [5, 5.41) is 0.618. The Morgan fingerprint density at radius 3 is 2.08 bits per heavy atom. The van der Waals surface area contributed by atoms with Crippen LogP contribution in [0.4, 0.5) is 0 Å². The highest BCUT2D eigenvalue weighted by Crippen LogP contribution is 2.15. The third-order valence-corrected chi connectivity index (χ3v) is 4.78. The molecule has 1 fully saturated rings. The zero-order chi connectivity index (χ0) is 18.5. The van der Waals surface area contributed by atoms with Crippen LogP contribution in [0.25, 0.3) is 0 Å². The minimum atomic E-state index is 0.0105. The summed E-state index contributed by atoms with van der Waals surface area (Å²) in [6, 6.07) is 14.1. The predicted octanol–water partition coefficient (Wildman–Crippen LogP) is 2.99. The fourth-order valence-corrected chi connectivity index (χ4v) is 3.08. The number of rotatable bonds is 5. The topological polar surface area (TPSA) is 49.9 Å². The lowest BCUT2D eigenvalue weighted by Crippen LogP contribution is -2.49. The maximum Gasteiger partial charge on any atom is 0.253 e. The largest absolute Gasteiger partial charge is 0.497 e. The molecule has 1 aliphatic heterocycles. The zero-order valence-corrected chi connectivity index (χ0v) is 15.4. The second-order valence-corrected chi connectivity index (χ2v) is 6.66. The molecule has 1 saturated heterocycles. The van der Waals surface area contributed by atoms with E-state index in [1.807, 2.05) is 4.90 Å². The molecule has 1 heterocycles. The first kappa shape index (κ1) is 18.4. The summed E-state index contributed by atoms with van der Waals surface area (Å²) in [6.45, 7) is 2.94. The van der Waals surface area contributed by atoms with Crippen LogP contribution in [0.1, 0.15) is 20.7 Å². The molecule has 0 atom stereocenters.